The molecule has 0 aromatic carbocycles. The molecule has 4 rings (SSSR count). The highest BCUT2D eigenvalue weighted by Gasteiger charge is 2.29. The second-order valence-electron chi connectivity index (χ2n) is 5.80. The van der Waals surface area contributed by atoms with E-state index in [1.54, 1.807) is 0 Å². The van der Waals surface area contributed by atoms with E-state index in [4.69, 9.17) is 4.98 Å². The van der Waals surface area contributed by atoms with Gasteiger partial charge in [-0.15, -0.1) is 0 Å². The zero-order chi connectivity index (χ0) is 12.7. The lowest BCUT2D eigenvalue weighted by Crippen LogP contribution is -2.31. The third-order valence-corrected chi connectivity index (χ3v) is 4.62. The molecule has 4 heteroatoms. The smallest absolute Gasteiger partial charge is 0.160 e. The summed E-state index contributed by atoms with van der Waals surface area (Å²) >= 11 is 0. The number of hydrogen-bond acceptors (Lipinski definition) is 3. The maximum Gasteiger partial charge on any atom is 0.160 e. The summed E-state index contributed by atoms with van der Waals surface area (Å²) < 4.78 is 2.46. The van der Waals surface area contributed by atoms with Crippen molar-refractivity contribution in [1.82, 2.24) is 19.9 Å². The number of pyridine rings is 1. The first-order valence-corrected chi connectivity index (χ1v) is 7.47. The Morgan fingerprint density at radius 2 is 2.00 bits per heavy atom. The van der Waals surface area contributed by atoms with Crippen LogP contribution in [0.25, 0.3) is 11.2 Å². The Hall–Kier alpha value is -1.42. The lowest BCUT2D eigenvalue weighted by Gasteiger charge is -2.31. The van der Waals surface area contributed by atoms with Crippen molar-refractivity contribution in [3.05, 3.63) is 24.2 Å². The van der Waals surface area contributed by atoms with Crippen LogP contribution in [0.1, 0.15) is 49.9 Å². The maximum absolute atomic E-state index is 4.89. The van der Waals surface area contributed by atoms with Crippen LogP contribution in [0.2, 0.25) is 0 Å². The Labute approximate surface area is 113 Å². The van der Waals surface area contributed by atoms with Crippen LogP contribution in [0.15, 0.2) is 18.3 Å². The first kappa shape index (κ1) is 11.4. The van der Waals surface area contributed by atoms with Crippen LogP contribution in [-0.2, 0) is 0 Å². The van der Waals surface area contributed by atoms with E-state index < -0.39 is 0 Å². The van der Waals surface area contributed by atoms with Crippen molar-refractivity contribution in [3.8, 4) is 0 Å². The van der Waals surface area contributed by atoms with Crippen LogP contribution in [0.3, 0.4) is 0 Å². The molecule has 3 heterocycles. The minimum absolute atomic E-state index is 0.580. The van der Waals surface area contributed by atoms with E-state index >= 15 is 0 Å². The zero-order valence-electron chi connectivity index (χ0n) is 11.2. The highest BCUT2D eigenvalue weighted by atomic mass is 15.2. The highest BCUT2D eigenvalue weighted by molar-refractivity contribution is 5.71. The molecule has 0 amide bonds. The predicted molar refractivity (Wildman–Crippen MR) is 75.3 cm³/mol. The normalized spacial score (nSPS) is 21.7. The monoisotopic (exact) mass is 256 g/mol. The molecule has 0 atom stereocenters. The van der Waals surface area contributed by atoms with E-state index in [0.717, 1.165) is 24.3 Å². The summed E-state index contributed by atoms with van der Waals surface area (Å²) in [5.41, 5.74) is 2.17. The average Bonchev–Trinajstić information content (AvgIpc) is 2.76. The van der Waals surface area contributed by atoms with Crippen LogP contribution >= 0.6 is 0 Å². The summed E-state index contributed by atoms with van der Waals surface area (Å²) in [5.74, 6) is 1.97. The van der Waals surface area contributed by atoms with Gasteiger partial charge in [0.1, 0.15) is 11.3 Å². The van der Waals surface area contributed by atoms with E-state index in [2.05, 4.69) is 20.9 Å². The Balaban J connectivity index is 1.84. The van der Waals surface area contributed by atoms with Crippen molar-refractivity contribution < 1.29 is 0 Å². The molecule has 19 heavy (non-hydrogen) atoms. The van der Waals surface area contributed by atoms with Crippen LogP contribution in [-0.4, -0.2) is 27.6 Å². The number of rotatable bonds is 2. The van der Waals surface area contributed by atoms with Crippen LogP contribution in [0.5, 0.6) is 0 Å². The topological polar surface area (TPSA) is 42.7 Å². The molecule has 0 unspecified atom stereocenters. The minimum atomic E-state index is 0.580. The molecule has 0 bridgehead atoms. The number of fused-ring (bicyclic) bond motifs is 1. The molecule has 1 aliphatic carbocycles. The number of nitrogens with zero attached hydrogens (tertiary/aromatic N) is 3. The fourth-order valence-corrected chi connectivity index (χ4v) is 3.33. The van der Waals surface area contributed by atoms with Crippen LogP contribution < -0.4 is 5.32 Å². The molecule has 1 N–H and O–H groups in total. The molecular weight excluding hydrogens is 236 g/mol. The summed E-state index contributed by atoms with van der Waals surface area (Å²) in [7, 11) is 0. The Morgan fingerprint density at radius 1 is 1.16 bits per heavy atom. The highest BCUT2D eigenvalue weighted by Crippen LogP contribution is 2.39. The van der Waals surface area contributed by atoms with Gasteiger partial charge in [0.05, 0.1) is 0 Å². The fraction of sp³-hybridized carbons (Fsp3) is 0.600. The standard InChI is InChI=1S/C15H20N4/c1-3-11(4-1)14-18-13-5-2-8-17-15(13)19(14)12-6-9-16-10-7-12/h2,5,8,11-12,16H,1,3-4,6-7,9-10H2. The van der Waals surface area contributed by atoms with Gasteiger partial charge >= 0.3 is 0 Å². The molecule has 2 aromatic rings. The SMILES string of the molecule is c1cnc2c(c1)nc(C1CCC1)n2C1CCNCC1. The third kappa shape index (κ3) is 1.86. The van der Waals surface area contributed by atoms with Crippen molar-refractivity contribution in [2.75, 3.05) is 13.1 Å². The summed E-state index contributed by atoms with van der Waals surface area (Å²) in [5, 5.41) is 3.45. The van der Waals surface area contributed by atoms with Gasteiger partial charge in [-0.1, -0.05) is 6.42 Å². The first-order chi connectivity index (χ1) is 9.43. The van der Waals surface area contributed by atoms with Crippen molar-refractivity contribution in [2.24, 2.45) is 0 Å². The lowest BCUT2D eigenvalue weighted by atomic mass is 9.84. The van der Waals surface area contributed by atoms with Gasteiger partial charge < -0.3 is 9.88 Å². The molecule has 1 aliphatic heterocycles. The van der Waals surface area contributed by atoms with Crippen molar-refractivity contribution in [1.29, 1.82) is 0 Å². The minimum Gasteiger partial charge on any atom is -0.317 e. The Bertz CT molecular complexity index is 579. The van der Waals surface area contributed by atoms with Crippen molar-refractivity contribution >= 4 is 11.2 Å². The van der Waals surface area contributed by atoms with Gasteiger partial charge in [-0.3, -0.25) is 0 Å². The molecular formula is C15H20N4. The van der Waals surface area contributed by atoms with Gasteiger partial charge in [0, 0.05) is 18.2 Å². The maximum atomic E-state index is 4.89. The van der Waals surface area contributed by atoms with Gasteiger partial charge in [-0.05, 0) is 50.9 Å². The summed E-state index contributed by atoms with van der Waals surface area (Å²) in [6.45, 7) is 2.22. The van der Waals surface area contributed by atoms with Gasteiger partial charge in [0.25, 0.3) is 0 Å². The van der Waals surface area contributed by atoms with E-state index in [1.165, 1.54) is 37.9 Å². The molecule has 0 spiro atoms. The van der Waals surface area contributed by atoms with Crippen molar-refractivity contribution in [3.63, 3.8) is 0 Å². The molecule has 1 saturated heterocycles. The van der Waals surface area contributed by atoms with Crippen LogP contribution in [0.4, 0.5) is 0 Å². The first-order valence-electron chi connectivity index (χ1n) is 7.47. The molecule has 2 aromatic heterocycles. The van der Waals surface area contributed by atoms with E-state index in [0.29, 0.717) is 12.0 Å². The molecule has 1 saturated carbocycles. The third-order valence-electron chi connectivity index (χ3n) is 4.62. The summed E-state index contributed by atoms with van der Waals surface area (Å²) in [4.78, 5) is 9.49. The van der Waals surface area contributed by atoms with Gasteiger partial charge in [0.2, 0.25) is 0 Å². The van der Waals surface area contributed by atoms with E-state index in [-0.39, 0.29) is 0 Å². The van der Waals surface area contributed by atoms with Crippen molar-refractivity contribution in [2.45, 2.75) is 44.1 Å². The second kappa shape index (κ2) is 4.60. The fourth-order valence-electron chi connectivity index (χ4n) is 3.33. The van der Waals surface area contributed by atoms with Crippen LogP contribution in [0, 0.1) is 0 Å². The summed E-state index contributed by atoms with van der Waals surface area (Å²) in [6, 6.07) is 4.67. The molecule has 100 valence electrons. The van der Waals surface area contributed by atoms with E-state index in [1.807, 2.05) is 12.3 Å². The van der Waals surface area contributed by atoms with Gasteiger partial charge in [-0.25, -0.2) is 9.97 Å². The number of aromatic nitrogens is 3. The number of piperidine rings is 1. The molecule has 2 aliphatic rings. The quantitative estimate of drug-likeness (QED) is 0.898. The lowest BCUT2D eigenvalue weighted by molar-refractivity contribution is 0.331. The second-order valence-corrected chi connectivity index (χ2v) is 5.80. The molecule has 2 fully saturated rings. The Kier molecular flexibility index (Phi) is 2.76. The van der Waals surface area contributed by atoms with E-state index in [9.17, 15) is 0 Å². The molecule has 0 radical (unpaired) electrons. The molecule has 4 nitrogen and oxygen atoms in total. The number of nitrogens with one attached hydrogen (secondary N) is 1. The Morgan fingerprint density at radius 3 is 2.74 bits per heavy atom. The van der Waals surface area contributed by atoms with Gasteiger partial charge in [-0.2, -0.15) is 0 Å². The zero-order valence-corrected chi connectivity index (χ0v) is 11.2. The number of hydrogen-bond donors (Lipinski definition) is 1. The van der Waals surface area contributed by atoms with Gasteiger partial charge in [0.15, 0.2) is 5.65 Å². The average molecular weight is 256 g/mol. The number of imidazole rings is 1. The largest absolute Gasteiger partial charge is 0.317 e. The predicted octanol–water partition coefficient (Wildman–Crippen LogP) is 2.62. The summed E-state index contributed by atoms with van der Waals surface area (Å²) in [6.07, 6.45) is 8.24.